The largest absolute Gasteiger partial charge is 0.467 e. The lowest BCUT2D eigenvalue weighted by Crippen LogP contribution is -2.48. The van der Waals surface area contributed by atoms with E-state index < -0.39 is 6.04 Å². The molecule has 1 fully saturated rings. The first-order chi connectivity index (χ1) is 12.1. The number of ketones is 1. The fourth-order valence-corrected chi connectivity index (χ4v) is 3.27. The average Bonchev–Trinajstić information content (AvgIpc) is 2.66. The number of carbonyl (C=O) groups is 3. The Morgan fingerprint density at radius 3 is 2.48 bits per heavy atom. The number of Topliss-reactive ketones (excluding diaryl/α,β-unsaturated/α-hetero) is 1. The van der Waals surface area contributed by atoms with Crippen LogP contribution < -0.4 is 0 Å². The molecule has 1 saturated heterocycles. The van der Waals surface area contributed by atoms with Crippen molar-refractivity contribution in [3.63, 3.8) is 0 Å². The summed E-state index contributed by atoms with van der Waals surface area (Å²) in [5.41, 5.74) is 1.85. The number of likely N-dealkylation sites (tertiary alicyclic amines) is 1. The van der Waals surface area contributed by atoms with E-state index in [9.17, 15) is 14.4 Å². The molecule has 0 bridgehead atoms. The molecule has 5 nitrogen and oxygen atoms in total. The maximum Gasteiger partial charge on any atom is 0.328 e. The second kappa shape index (κ2) is 9.35. The lowest BCUT2D eigenvalue weighted by Gasteiger charge is -2.33. The number of esters is 1. The Morgan fingerprint density at radius 1 is 1.12 bits per heavy atom. The first kappa shape index (κ1) is 19.2. The lowest BCUT2D eigenvalue weighted by molar-refractivity contribution is -0.154. The maximum atomic E-state index is 12.5. The molecule has 0 radical (unpaired) electrons. The molecule has 1 amide bonds. The van der Waals surface area contributed by atoms with E-state index in [4.69, 9.17) is 4.74 Å². The number of methoxy groups -OCH3 is 1. The summed E-state index contributed by atoms with van der Waals surface area (Å²) >= 11 is 0. The number of piperidine rings is 1. The molecule has 25 heavy (non-hydrogen) atoms. The highest BCUT2D eigenvalue weighted by Gasteiger charge is 2.32. The minimum atomic E-state index is -0.505. The SMILES string of the molecule is CCCc1ccc(C(=O)CCC(=O)N2CCCCC2C(=O)OC)cc1. The quantitative estimate of drug-likeness (QED) is 0.562. The summed E-state index contributed by atoms with van der Waals surface area (Å²) in [4.78, 5) is 38.2. The molecular weight excluding hydrogens is 318 g/mol. The molecule has 136 valence electrons. The number of amides is 1. The van der Waals surface area contributed by atoms with Crippen molar-refractivity contribution in [2.24, 2.45) is 0 Å². The van der Waals surface area contributed by atoms with Crippen LogP contribution in [0.4, 0.5) is 0 Å². The first-order valence-electron chi connectivity index (χ1n) is 9.06. The number of ether oxygens (including phenoxy) is 1. The zero-order valence-corrected chi connectivity index (χ0v) is 15.1. The van der Waals surface area contributed by atoms with E-state index >= 15 is 0 Å². The van der Waals surface area contributed by atoms with E-state index in [2.05, 4.69) is 6.92 Å². The highest BCUT2D eigenvalue weighted by Crippen LogP contribution is 2.20. The van der Waals surface area contributed by atoms with Gasteiger partial charge in [0.25, 0.3) is 0 Å². The number of nitrogens with zero attached hydrogens (tertiary/aromatic N) is 1. The molecule has 1 heterocycles. The monoisotopic (exact) mass is 345 g/mol. The van der Waals surface area contributed by atoms with Crippen molar-refractivity contribution >= 4 is 17.7 Å². The van der Waals surface area contributed by atoms with Crippen molar-refractivity contribution in [1.82, 2.24) is 4.90 Å². The summed E-state index contributed by atoms with van der Waals surface area (Å²) in [5.74, 6) is -0.556. The first-order valence-corrected chi connectivity index (χ1v) is 9.06. The molecule has 0 N–H and O–H groups in total. The minimum absolute atomic E-state index is 0.0389. The van der Waals surface area contributed by atoms with Gasteiger partial charge in [0, 0.05) is 24.9 Å². The molecule has 1 aliphatic rings. The zero-order valence-electron chi connectivity index (χ0n) is 15.1. The fraction of sp³-hybridized carbons (Fsp3) is 0.550. The predicted molar refractivity (Wildman–Crippen MR) is 95.4 cm³/mol. The van der Waals surface area contributed by atoms with Crippen molar-refractivity contribution in [1.29, 1.82) is 0 Å². The number of rotatable bonds is 7. The number of carbonyl (C=O) groups excluding carboxylic acids is 3. The molecule has 1 aromatic rings. The van der Waals surface area contributed by atoms with Gasteiger partial charge in [0.15, 0.2) is 5.78 Å². The van der Waals surface area contributed by atoms with Crippen molar-refractivity contribution in [2.75, 3.05) is 13.7 Å². The number of aryl methyl sites for hydroxylation is 1. The summed E-state index contributed by atoms with van der Waals surface area (Å²) in [6.45, 7) is 2.67. The van der Waals surface area contributed by atoms with Gasteiger partial charge in [-0.2, -0.15) is 0 Å². The fourth-order valence-electron chi connectivity index (χ4n) is 3.27. The highest BCUT2D eigenvalue weighted by molar-refractivity contribution is 5.98. The van der Waals surface area contributed by atoms with Gasteiger partial charge in [0.05, 0.1) is 7.11 Å². The van der Waals surface area contributed by atoms with E-state index in [-0.39, 0.29) is 30.5 Å². The van der Waals surface area contributed by atoms with Gasteiger partial charge in [-0.05, 0) is 31.2 Å². The molecule has 1 aromatic carbocycles. The maximum absolute atomic E-state index is 12.5. The summed E-state index contributed by atoms with van der Waals surface area (Å²) in [7, 11) is 1.34. The van der Waals surface area contributed by atoms with Gasteiger partial charge < -0.3 is 9.64 Å². The van der Waals surface area contributed by atoms with Crippen molar-refractivity contribution in [3.05, 3.63) is 35.4 Å². The molecular formula is C20H27NO4. The molecule has 1 aliphatic heterocycles. The molecule has 5 heteroatoms. The summed E-state index contributed by atoms with van der Waals surface area (Å²) in [5, 5.41) is 0. The Balaban J connectivity index is 1.91. The number of hydrogen-bond donors (Lipinski definition) is 0. The van der Waals surface area contributed by atoms with Gasteiger partial charge in [-0.3, -0.25) is 9.59 Å². The summed E-state index contributed by atoms with van der Waals surface area (Å²) < 4.78 is 4.80. The third kappa shape index (κ3) is 5.15. The van der Waals surface area contributed by atoms with Crippen LogP contribution in [0.15, 0.2) is 24.3 Å². The van der Waals surface area contributed by atoms with Crippen LogP contribution in [0.3, 0.4) is 0 Å². The third-order valence-electron chi connectivity index (χ3n) is 4.68. The second-order valence-corrected chi connectivity index (χ2v) is 6.49. The van der Waals surface area contributed by atoms with Gasteiger partial charge in [-0.25, -0.2) is 4.79 Å². The van der Waals surface area contributed by atoms with Crippen molar-refractivity contribution in [3.8, 4) is 0 Å². The number of hydrogen-bond acceptors (Lipinski definition) is 4. The lowest BCUT2D eigenvalue weighted by atomic mass is 10.00. The second-order valence-electron chi connectivity index (χ2n) is 6.49. The van der Waals surface area contributed by atoms with Crippen LogP contribution in [0.25, 0.3) is 0 Å². The van der Waals surface area contributed by atoms with Gasteiger partial charge in [-0.15, -0.1) is 0 Å². The minimum Gasteiger partial charge on any atom is -0.467 e. The molecule has 0 aliphatic carbocycles. The van der Waals surface area contributed by atoms with Crippen LogP contribution >= 0.6 is 0 Å². The van der Waals surface area contributed by atoms with E-state index in [0.717, 1.165) is 25.7 Å². The Morgan fingerprint density at radius 2 is 1.84 bits per heavy atom. The Labute approximate surface area is 149 Å². The van der Waals surface area contributed by atoms with E-state index in [0.29, 0.717) is 18.5 Å². The highest BCUT2D eigenvalue weighted by atomic mass is 16.5. The van der Waals surface area contributed by atoms with Crippen LogP contribution in [0.1, 0.15) is 61.4 Å². The van der Waals surface area contributed by atoms with Gasteiger partial charge in [-0.1, -0.05) is 37.6 Å². The molecule has 1 unspecified atom stereocenters. The smallest absolute Gasteiger partial charge is 0.328 e. The molecule has 0 saturated carbocycles. The van der Waals surface area contributed by atoms with Gasteiger partial charge >= 0.3 is 5.97 Å². The van der Waals surface area contributed by atoms with Gasteiger partial charge in [0.1, 0.15) is 6.04 Å². The summed E-state index contributed by atoms with van der Waals surface area (Å²) in [6, 6.07) is 7.09. The third-order valence-corrected chi connectivity index (χ3v) is 4.68. The molecule has 1 atom stereocenters. The molecule has 0 aromatic heterocycles. The Kier molecular flexibility index (Phi) is 7.16. The van der Waals surface area contributed by atoms with Crippen LogP contribution in [-0.4, -0.2) is 42.3 Å². The van der Waals surface area contributed by atoms with Gasteiger partial charge in [0.2, 0.25) is 5.91 Å². The predicted octanol–water partition coefficient (Wildman–Crippen LogP) is 3.16. The summed E-state index contributed by atoms with van der Waals surface area (Å²) in [6.07, 6.45) is 4.78. The topological polar surface area (TPSA) is 63.7 Å². The van der Waals surface area contributed by atoms with Crippen LogP contribution in [0, 0.1) is 0 Å². The standard InChI is InChI=1S/C20H27NO4/c1-3-6-15-8-10-16(11-9-15)18(22)12-13-19(23)21-14-5-4-7-17(21)20(24)25-2/h8-11,17H,3-7,12-14H2,1-2H3. The normalized spacial score (nSPS) is 17.2. The van der Waals surface area contributed by atoms with Crippen molar-refractivity contribution < 1.29 is 19.1 Å². The molecule has 2 rings (SSSR count). The van der Waals surface area contributed by atoms with Crippen LogP contribution in [0.5, 0.6) is 0 Å². The van der Waals surface area contributed by atoms with Crippen LogP contribution in [0.2, 0.25) is 0 Å². The zero-order chi connectivity index (χ0) is 18.2. The van der Waals surface area contributed by atoms with E-state index in [1.54, 1.807) is 4.90 Å². The van der Waals surface area contributed by atoms with Crippen LogP contribution in [-0.2, 0) is 20.7 Å². The van der Waals surface area contributed by atoms with E-state index in [1.165, 1.54) is 12.7 Å². The average molecular weight is 345 g/mol. The Hall–Kier alpha value is -2.17. The van der Waals surface area contributed by atoms with E-state index in [1.807, 2.05) is 24.3 Å². The Bertz CT molecular complexity index is 609. The van der Waals surface area contributed by atoms with Crippen molar-refractivity contribution in [2.45, 2.75) is 57.9 Å². The number of benzene rings is 1. The molecule has 0 spiro atoms.